The summed E-state index contributed by atoms with van der Waals surface area (Å²) in [5.41, 5.74) is 7.36. The van der Waals surface area contributed by atoms with E-state index >= 15 is 0 Å². The highest BCUT2D eigenvalue weighted by atomic mass is 35.5. The van der Waals surface area contributed by atoms with Crippen molar-refractivity contribution in [3.05, 3.63) is 41.8 Å². The first kappa shape index (κ1) is 10.0. The van der Waals surface area contributed by atoms with Gasteiger partial charge in [0.05, 0.1) is 17.2 Å². The third-order valence-corrected chi connectivity index (χ3v) is 2.69. The van der Waals surface area contributed by atoms with Crippen LogP contribution in [0.15, 0.2) is 36.8 Å². The van der Waals surface area contributed by atoms with E-state index in [2.05, 4.69) is 15.0 Å². The van der Waals surface area contributed by atoms with Crippen molar-refractivity contribution in [1.29, 1.82) is 0 Å². The van der Waals surface area contributed by atoms with E-state index in [0.29, 0.717) is 10.8 Å². The molecule has 0 aliphatic rings. The third kappa shape index (κ3) is 1.60. The molecule has 6 heteroatoms. The third-order valence-electron chi connectivity index (χ3n) is 2.43. The molecule has 0 aliphatic carbocycles. The van der Waals surface area contributed by atoms with Crippen molar-refractivity contribution in [2.24, 2.45) is 0 Å². The highest BCUT2D eigenvalue weighted by molar-refractivity contribution is 6.32. The minimum absolute atomic E-state index is 0.183. The molecule has 2 aromatic heterocycles. The van der Waals surface area contributed by atoms with Gasteiger partial charge in [0.15, 0.2) is 5.82 Å². The topological polar surface area (TPSA) is 69.6 Å². The second kappa shape index (κ2) is 3.71. The minimum Gasteiger partial charge on any atom is -0.368 e. The van der Waals surface area contributed by atoms with Crippen molar-refractivity contribution in [3.8, 4) is 5.82 Å². The molecule has 3 rings (SSSR count). The summed E-state index contributed by atoms with van der Waals surface area (Å²) in [5, 5.41) is 0.433. The highest BCUT2D eigenvalue weighted by Gasteiger charge is 2.09. The number of benzene rings is 1. The number of halogens is 1. The fourth-order valence-electron chi connectivity index (χ4n) is 1.67. The lowest BCUT2D eigenvalue weighted by atomic mass is 10.3. The van der Waals surface area contributed by atoms with Crippen LogP contribution in [0.2, 0.25) is 5.02 Å². The Kier molecular flexibility index (Phi) is 2.19. The molecule has 2 heterocycles. The summed E-state index contributed by atoms with van der Waals surface area (Å²) < 4.78 is 1.79. The van der Waals surface area contributed by atoms with E-state index in [4.69, 9.17) is 17.3 Å². The number of nitrogens with zero attached hydrogens (tertiary/aromatic N) is 4. The standard InChI is InChI=1S/C11H8ClN5/c12-7-5-14-11(13)16-10(7)17-6-15-8-3-1-2-4-9(8)17/h1-6H,(H2,13,14,16). The Morgan fingerprint density at radius 1 is 1.18 bits per heavy atom. The van der Waals surface area contributed by atoms with Gasteiger partial charge in [-0.1, -0.05) is 23.7 Å². The molecule has 0 amide bonds. The van der Waals surface area contributed by atoms with Crippen LogP contribution in [0, 0.1) is 0 Å². The molecule has 0 aliphatic heterocycles. The van der Waals surface area contributed by atoms with Crippen LogP contribution in [-0.4, -0.2) is 19.5 Å². The first-order valence-electron chi connectivity index (χ1n) is 4.96. The second-order valence-electron chi connectivity index (χ2n) is 3.50. The van der Waals surface area contributed by atoms with Crippen LogP contribution in [0.4, 0.5) is 5.95 Å². The zero-order valence-electron chi connectivity index (χ0n) is 8.71. The van der Waals surface area contributed by atoms with Gasteiger partial charge in [-0.25, -0.2) is 9.97 Å². The Morgan fingerprint density at radius 3 is 2.88 bits per heavy atom. The molecule has 0 bridgehead atoms. The molecule has 3 aromatic rings. The Hall–Kier alpha value is -2.14. The highest BCUT2D eigenvalue weighted by Crippen LogP contribution is 2.22. The van der Waals surface area contributed by atoms with Crippen LogP contribution in [0.5, 0.6) is 0 Å². The van der Waals surface area contributed by atoms with E-state index in [1.807, 2.05) is 24.3 Å². The Bertz CT molecular complexity index is 691. The number of fused-ring (bicyclic) bond motifs is 1. The van der Waals surface area contributed by atoms with Gasteiger partial charge in [-0.05, 0) is 12.1 Å². The first-order chi connectivity index (χ1) is 8.25. The van der Waals surface area contributed by atoms with Crippen molar-refractivity contribution in [1.82, 2.24) is 19.5 Å². The molecule has 2 N–H and O–H groups in total. The summed E-state index contributed by atoms with van der Waals surface area (Å²) in [7, 11) is 0. The number of hydrogen-bond acceptors (Lipinski definition) is 4. The largest absolute Gasteiger partial charge is 0.368 e. The van der Waals surface area contributed by atoms with E-state index in [1.54, 1.807) is 10.9 Å². The summed E-state index contributed by atoms with van der Waals surface area (Å²) >= 11 is 6.06. The molecule has 84 valence electrons. The van der Waals surface area contributed by atoms with E-state index in [0.717, 1.165) is 11.0 Å². The maximum absolute atomic E-state index is 6.06. The van der Waals surface area contributed by atoms with Crippen molar-refractivity contribution >= 4 is 28.6 Å². The quantitative estimate of drug-likeness (QED) is 0.712. The fraction of sp³-hybridized carbons (Fsp3) is 0. The molecule has 1 aromatic carbocycles. The van der Waals surface area contributed by atoms with Crippen LogP contribution < -0.4 is 5.73 Å². The lowest BCUT2D eigenvalue weighted by Gasteiger charge is -2.05. The van der Waals surface area contributed by atoms with E-state index < -0.39 is 0 Å². The maximum atomic E-state index is 6.06. The van der Waals surface area contributed by atoms with E-state index in [1.165, 1.54) is 6.20 Å². The van der Waals surface area contributed by atoms with Crippen molar-refractivity contribution in [3.63, 3.8) is 0 Å². The van der Waals surface area contributed by atoms with Gasteiger partial charge in [0.2, 0.25) is 5.95 Å². The van der Waals surface area contributed by atoms with E-state index in [9.17, 15) is 0 Å². The normalized spacial score (nSPS) is 10.9. The van der Waals surface area contributed by atoms with Gasteiger partial charge in [0.1, 0.15) is 11.3 Å². The van der Waals surface area contributed by atoms with Crippen LogP contribution in [-0.2, 0) is 0 Å². The predicted octanol–water partition coefficient (Wildman–Crippen LogP) is 2.05. The molecular formula is C11H8ClN5. The second-order valence-corrected chi connectivity index (χ2v) is 3.91. The maximum Gasteiger partial charge on any atom is 0.222 e. The smallest absolute Gasteiger partial charge is 0.222 e. The van der Waals surface area contributed by atoms with Crippen LogP contribution in [0.1, 0.15) is 0 Å². The Balaban J connectivity index is 2.31. The van der Waals surface area contributed by atoms with Gasteiger partial charge < -0.3 is 5.73 Å². The van der Waals surface area contributed by atoms with Crippen LogP contribution in [0.3, 0.4) is 0 Å². The molecule has 17 heavy (non-hydrogen) atoms. The molecular weight excluding hydrogens is 238 g/mol. The lowest BCUT2D eigenvalue weighted by molar-refractivity contribution is 1.00. The van der Waals surface area contributed by atoms with Gasteiger partial charge in [-0.3, -0.25) is 4.57 Å². The molecule has 0 saturated carbocycles. The van der Waals surface area contributed by atoms with Crippen molar-refractivity contribution in [2.75, 3.05) is 5.73 Å². The molecule has 0 saturated heterocycles. The van der Waals surface area contributed by atoms with E-state index in [-0.39, 0.29) is 5.95 Å². The first-order valence-corrected chi connectivity index (χ1v) is 5.34. The average Bonchev–Trinajstić information content (AvgIpc) is 2.76. The van der Waals surface area contributed by atoms with Crippen LogP contribution >= 0.6 is 11.6 Å². The number of anilines is 1. The molecule has 0 radical (unpaired) electrons. The van der Waals surface area contributed by atoms with Gasteiger partial charge in [0.25, 0.3) is 0 Å². The SMILES string of the molecule is Nc1ncc(Cl)c(-n2cnc3ccccc32)n1. The van der Waals surface area contributed by atoms with Crippen molar-refractivity contribution in [2.45, 2.75) is 0 Å². The average molecular weight is 246 g/mol. The zero-order valence-corrected chi connectivity index (χ0v) is 9.46. The summed E-state index contributed by atoms with van der Waals surface area (Å²) in [6, 6.07) is 7.72. The summed E-state index contributed by atoms with van der Waals surface area (Å²) in [5.74, 6) is 0.718. The monoisotopic (exact) mass is 245 g/mol. The number of hydrogen-bond donors (Lipinski definition) is 1. The predicted molar refractivity (Wildman–Crippen MR) is 66.1 cm³/mol. The molecule has 0 atom stereocenters. The Labute approximate surface area is 102 Å². The van der Waals surface area contributed by atoms with Gasteiger partial charge in [-0.2, -0.15) is 4.98 Å². The number of nitrogen functional groups attached to an aromatic ring is 1. The number of aromatic nitrogens is 4. The number of imidazole rings is 1. The molecule has 0 unspecified atom stereocenters. The summed E-state index contributed by atoms with van der Waals surface area (Å²) in [6.45, 7) is 0. The van der Waals surface area contributed by atoms with Gasteiger partial charge in [0, 0.05) is 0 Å². The fourth-order valence-corrected chi connectivity index (χ4v) is 1.85. The molecule has 5 nitrogen and oxygen atoms in total. The van der Waals surface area contributed by atoms with Gasteiger partial charge >= 0.3 is 0 Å². The summed E-state index contributed by atoms with van der Waals surface area (Å²) in [4.78, 5) is 12.2. The van der Waals surface area contributed by atoms with Crippen LogP contribution in [0.25, 0.3) is 16.9 Å². The zero-order chi connectivity index (χ0) is 11.8. The molecule has 0 fully saturated rings. The number of rotatable bonds is 1. The molecule has 0 spiro atoms. The lowest BCUT2D eigenvalue weighted by Crippen LogP contribution is -2.02. The number of nitrogens with two attached hydrogens (primary N) is 1. The number of para-hydroxylation sites is 2. The van der Waals surface area contributed by atoms with Crippen molar-refractivity contribution < 1.29 is 0 Å². The van der Waals surface area contributed by atoms with Gasteiger partial charge in [-0.15, -0.1) is 0 Å². The summed E-state index contributed by atoms with van der Waals surface area (Å²) in [6.07, 6.45) is 3.15. The Morgan fingerprint density at radius 2 is 2.00 bits per heavy atom. The minimum atomic E-state index is 0.183.